The van der Waals surface area contributed by atoms with Crippen molar-refractivity contribution in [1.29, 1.82) is 0 Å². The highest BCUT2D eigenvalue weighted by Gasteiger charge is 2.32. The van der Waals surface area contributed by atoms with Crippen LogP contribution in [0.15, 0.2) is 70.3 Å². The van der Waals surface area contributed by atoms with Crippen molar-refractivity contribution in [2.45, 2.75) is 13.0 Å². The lowest BCUT2D eigenvalue weighted by Gasteiger charge is -2.28. The number of esters is 1. The molecule has 4 rings (SSSR count). The first-order valence-corrected chi connectivity index (χ1v) is 12.2. The summed E-state index contributed by atoms with van der Waals surface area (Å²) in [6.07, 6.45) is 0. The zero-order chi connectivity index (χ0) is 27.7. The molecular weight excluding hydrogens is 531 g/mol. The molecule has 0 bridgehead atoms. The lowest BCUT2D eigenvalue weighted by atomic mass is 10.1. The average molecular weight is 555 g/mol. The standard InChI is InChI=1S/C27H24Cl2N4O5/c1-15(26(36)38-4)32(16-8-6-5-7-9-16)25(35)23-20(28)13-18(14-21(23)29)33-24(34)19-12-17(31(2)3)10-11-22(19)30-27(33)37/h5-15H,1-4H3,(H,30,37)/t15-/m0/s1. The smallest absolute Gasteiger partial charge is 0.333 e. The largest absolute Gasteiger partial charge is 0.467 e. The van der Waals surface area contributed by atoms with Crippen molar-refractivity contribution in [2.24, 2.45) is 0 Å². The van der Waals surface area contributed by atoms with E-state index in [1.807, 2.05) is 19.0 Å². The monoisotopic (exact) mass is 554 g/mol. The van der Waals surface area contributed by atoms with E-state index in [2.05, 4.69) is 4.98 Å². The van der Waals surface area contributed by atoms with E-state index < -0.39 is 29.2 Å². The zero-order valence-electron chi connectivity index (χ0n) is 21.0. The molecule has 0 unspecified atom stereocenters. The van der Waals surface area contributed by atoms with Crippen molar-refractivity contribution in [3.63, 3.8) is 0 Å². The SMILES string of the molecule is COC(=O)[C@H](C)N(C(=O)c1c(Cl)cc(-n2c(=O)[nH]c3ccc(N(C)C)cc3c2=O)cc1Cl)c1ccccc1. The Morgan fingerprint density at radius 1 is 0.947 bits per heavy atom. The maximum Gasteiger partial charge on any atom is 0.333 e. The summed E-state index contributed by atoms with van der Waals surface area (Å²) in [5.41, 5.74) is 0.266. The van der Waals surface area contributed by atoms with Crippen molar-refractivity contribution >= 4 is 57.4 Å². The third-order valence-electron chi connectivity index (χ3n) is 6.08. The molecule has 4 aromatic rings. The number of aromatic amines is 1. The number of fused-ring (bicyclic) bond motifs is 1. The first kappa shape index (κ1) is 27.0. The van der Waals surface area contributed by atoms with Crippen molar-refractivity contribution in [3.8, 4) is 5.69 Å². The minimum atomic E-state index is -1.00. The number of ether oxygens (including phenoxy) is 1. The zero-order valence-corrected chi connectivity index (χ0v) is 22.5. The number of rotatable bonds is 6. The quantitative estimate of drug-likeness (QED) is 0.357. The highest BCUT2D eigenvalue weighted by molar-refractivity contribution is 6.41. The second kappa shape index (κ2) is 10.7. The first-order valence-electron chi connectivity index (χ1n) is 11.5. The summed E-state index contributed by atoms with van der Waals surface area (Å²) >= 11 is 13.1. The number of H-pyrrole nitrogens is 1. The summed E-state index contributed by atoms with van der Waals surface area (Å²) in [4.78, 5) is 58.1. The Kier molecular flexibility index (Phi) is 7.61. The van der Waals surface area contributed by atoms with Gasteiger partial charge in [-0.1, -0.05) is 41.4 Å². The van der Waals surface area contributed by atoms with E-state index in [1.54, 1.807) is 48.5 Å². The van der Waals surface area contributed by atoms with Gasteiger partial charge in [0.2, 0.25) is 0 Å². The lowest BCUT2D eigenvalue weighted by Crippen LogP contribution is -2.44. The predicted molar refractivity (Wildman–Crippen MR) is 149 cm³/mol. The van der Waals surface area contributed by atoms with Gasteiger partial charge in [0.1, 0.15) is 6.04 Å². The number of anilines is 2. The van der Waals surface area contributed by atoms with Gasteiger partial charge in [-0.3, -0.25) is 14.5 Å². The Labute approximate surface area is 227 Å². The maximum atomic E-state index is 13.7. The molecule has 1 N–H and O–H groups in total. The van der Waals surface area contributed by atoms with Crippen LogP contribution in [0.4, 0.5) is 11.4 Å². The van der Waals surface area contributed by atoms with Crippen molar-refractivity contribution in [2.75, 3.05) is 31.0 Å². The molecule has 196 valence electrons. The lowest BCUT2D eigenvalue weighted by molar-refractivity contribution is -0.141. The average Bonchev–Trinajstić information content (AvgIpc) is 2.88. The molecule has 0 saturated heterocycles. The van der Waals surface area contributed by atoms with Crippen molar-refractivity contribution in [1.82, 2.24) is 9.55 Å². The van der Waals surface area contributed by atoms with Gasteiger partial charge in [-0.2, -0.15) is 0 Å². The third kappa shape index (κ3) is 4.90. The minimum absolute atomic E-state index is 0.0761. The molecule has 38 heavy (non-hydrogen) atoms. The number of nitrogens with one attached hydrogen (secondary N) is 1. The summed E-state index contributed by atoms with van der Waals surface area (Å²) < 4.78 is 5.75. The number of benzene rings is 3. The molecule has 0 aliphatic heterocycles. The Hall–Kier alpha value is -4.08. The van der Waals surface area contributed by atoms with Crippen LogP contribution in [0.25, 0.3) is 16.6 Å². The molecule has 1 amide bonds. The second-order valence-corrected chi connectivity index (χ2v) is 9.50. The summed E-state index contributed by atoms with van der Waals surface area (Å²) in [6.45, 7) is 1.52. The van der Waals surface area contributed by atoms with Crippen LogP contribution >= 0.6 is 23.2 Å². The summed E-state index contributed by atoms with van der Waals surface area (Å²) in [5, 5.41) is 0.0678. The van der Waals surface area contributed by atoms with E-state index in [0.29, 0.717) is 11.2 Å². The van der Waals surface area contributed by atoms with E-state index >= 15 is 0 Å². The Bertz CT molecular complexity index is 1640. The molecule has 9 nitrogen and oxygen atoms in total. The van der Waals surface area contributed by atoms with Gasteiger partial charge in [0.05, 0.1) is 39.3 Å². The summed E-state index contributed by atoms with van der Waals surface area (Å²) in [5.74, 6) is -1.30. The van der Waals surface area contributed by atoms with Gasteiger partial charge in [-0.15, -0.1) is 0 Å². The fraction of sp³-hybridized carbons (Fsp3) is 0.185. The molecule has 1 atom stereocenters. The minimum Gasteiger partial charge on any atom is -0.467 e. The van der Waals surface area contributed by atoms with Crippen LogP contribution in [0, 0.1) is 0 Å². The maximum absolute atomic E-state index is 13.7. The van der Waals surface area contributed by atoms with Gasteiger partial charge in [-0.05, 0) is 49.4 Å². The molecule has 0 saturated carbocycles. The van der Waals surface area contributed by atoms with Crippen LogP contribution in [-0.4, -0.2) is 48.7 Å². The molecule has 11 heteroatoms. The number of methoxy groups -OCH3 is 1. The topological polar surface area (TPSA) is 105 Å². The van der Waals surface area contributed by atoms with Gasteiger partial charge >= 0.3 is 11.7 Å². The van der Waals surface area contributed by atoms with Crippen molar-refractivity contribution in [3.05, 3.63) is 97.1 Å². The first-order chi connectivity index (χ1) is 18.0. The number of hydrogen-bond donors (Lipinski definition) is 1. The predicted octanol–water partition coefficient (Wildman–Crippen LogP) is 4.26. The number of aromatic nitrogens is 2. The number of hydrogen-bond acceptors (Lipinski definition) is 6. The van der Waals surface area contributed by atoms with E-state index in [-0.39, 0.29) is 26.7 Å². The molecule has 0 aliphatic carbocycles. The Morgan fingerprint density at radius 3 is 2.16 bits per heavy atom. The number of amides is 1. The van der Waals surface area contributed by atoms with E-state index in [1.165, 1.54) is 31.1 Å². The molecule has 0 radical (unpaired) electrons. The van der Waals surface area contributed by atoms with Crippen LogP contribution in [0.2, 0.25) is 10.0 Å². The molecule has 0 aliphatic rings. The number of para-hydroxylation sites is 1. The van der Waals surface area contributed by atoms with Gasteiger partial charge in [-0.25, -0.2) is 14.2 Å². The number of carbonyl (C=O) groups is 2. The molecule has 1 heterocycles. The number of halogens is 2. The number of carbonyl (C=O) groups excluding carboxylic acids is 2. The van der Waals surface area contributed by atoms with E-state index in [9.17, 15) is 19.2 Å². The van der Waals surface area contributed by atoms with Crippen molar-refractivity contribution < 1.29 is 14.3 Å². The molecular formula is C27H24Cl2N4O5. The number of nitrogens with zero attached hydrogens (tertiary/aromatic N) is 3. The summed E-state index contributed by atoms with van der Waals surface area (Å²) in [7, 11) is 4.89. The van der Waals surface area contributed by atoms with Crippen LogP contribution in [0.1, 0.15) is 17.3 Å². The Morgan fingerprint density at radius 2 is 1.58 bits per heavy atom. The van der Waals surface area contributed by atoms with Gasteiger partial charge in [0.15, 0.2) is 0 Å². The molecule has 0 spiro atoms. The second-order valence-electron chi connectivity index (χ2n) is 8.69. The highest BCUT2D eigenvalue weighted by atomic mass is 35.5. The van der Waals surface area contributed by atoms with Crippen LogP contribution in [0.5, 0.6) is 0 Å². The van der Waals surface area contributed by atoms with Crippen LogP contribution in [-0.2, 0) is 9.53 Å². The van der Waals surface area contributed by atoms with Gasteiger partial charge in [0, 0.05) is 25.5 Å². The van der Waals surface area contributed by atoms with E-state index in [0.717, 1.165) is 10.3 Å². The molecule has 3 aromatic carbocycles. The van der Waals surface area contributed by atoms with E-state index in [4.69, 9.17) is 27.9 Å². The van der Waals surface area contributed by atoms with Crippen LogP contribution < -0.4 is 21.0 Å². The van der Waals surface area contributed by atoms with Gasteiger partial charge in [0.25, 0.3) is 11.5 Å². The van der Waals surface area contributed by atoms with Crippen LogP contribution in [0.3, 0.4) is 0 Å². The molecule has 0 fully saturated rings. The third-order valence-corrected chi connectivity index (χ3v) is 6.68. The Balaban J connectivity index is 1.86. The van der Waals surface area contributed by atoms with Gasteiger partial charge < -0.3 is 14.6 Å². The normalized spacial score (nSPS) is 11.7. The summed E-state index contributed by atoms with van der Waals surface area (Å²) in [6, 6.07) is 15.2. The highest BCUT2D eigenvalue weighted by Crippen LogP contribution is 2.31. The molecule has 1 aromatic heterocycles. The fourth-order valence-electron chi connectivity index (χ4n) is 4.11. The fourth-order valence-corrected chi connectivity index (χ4v) is 4.75.